The molecule has 0 radical (unpaired) electrons. The highest BCUT2D eigenvalue weighted by Gasteiger charge is 2.20. The molecule has 0 amide bonds. The summed E-state index contributed by atoms with van der Waals surface area (Å²) in [4.78, 5) is 3.97. The zero-order valence-corrected chi connectivity index (χ0v) is 11.7. The third-order valence-corrected chi connectivity index (χ3v) is 4.05. The van der Waals surface area contributed by atoms with E-state index in [0.29, 0.717) is 6.54 Å². The largest absolute Gasteiger partial charge is 0.495 e. The van der Waals surface area contributed by atoms with Gasteiger partial charge in [-0.25, -0.2) is 13.4 Å². The molecule has 0 unspecified atom stereocenters. The number of sulfonamides is 1. The minimum absolute atomic E-state index is 0.0443. The van der Waals surface area contributed by atoms with Gasteiger partial charge >= 0.3 is 0 Å². The fraction of sp³-hybridized carbons (Fsp3) is 0.154. The number of nitrogens with two attached hydrogens (primary N) is 1. The molecule has 0 aliphatic heterocycles. The van der Waals surface area contributed by atoms with Crippen LogP contribution in [0.25, 0.3) is 0 Å². The number of nitrogens with one attached hydrogen (secondary N) is 1. The summed E-state index contributed by atoms with van der Waals surface area (Å²) >= 11 is 0. The van der Waals surface area contributed by atoms with Crippen LogP contribution in [0.5, 0.6) is 5.75 Å². The van der Waals surface area contributed by atoms with Crippen molar-refractivity contribution in [2.45, 2.75) is 11.4 Å². The Morgan fingerprint density at radius 1 is 1.30 bits per heavy atom. The predicted octanol–water partition coefficient (Wildman–Crippen LogP) is 1.35. The molecule has 0 atom stereocenters. The van der Waals surface area contributed by atoms with Gasteiger partial charge in [-0.05, 0) is 29.8 Å². The second kappa shape index (κ2) is 5.89. The number of anilines is 1. The number of hydrogen-bond acceptors (Lipinski definition) is 5. The topological polar surface area (TPSA) is 94.3 Å². The van der Waals surface area contributed by atoms with Crippen molar-refractivity contribution in [3.05, 3.63) is 48.2 Å². The van der Waals surface area contributed by atoms with Crippen LogP contribution < -0.4 is 15.2 Å². The van der Waals surface area contributed by atoms with Crippen LogP contribution >= 0.6 is 0 Å². The Morgan fingerprint density at radius 2 is 2.10 bits per heavy atom. The molecule has 0 bridgehead atoms. The maximum Gasteiger partial charge on any atom is 0.266 e. The zero-order chi connectivity index (χ0) is 14.6. The number of nitrogens with zero attached hydrogens (tertiary/aromatic N) is 1. The van der Waals surface area contributed by atoms with Gasteiger partial charge in [0, 0.05) is 12.7 Å². The lowest BCUT2D eigenvalue weighted by molar-refractivity contribution is 0.402. The minimum Gasteiger partial charge on any atom is -0.495 e. The molecular formula is C13H15N3O3S. The number of rotatable bonds is 5. The summed E-state index contributed by atoms with van der Waals surface area (Å²) in [6.45, 7) is 0.310. The van der Waals surface area contributed by atoms with Crippen molar-refractivity contribution in [3.8, 4) is 5.75 Å². The van der Waals surface area contributed by atoms with Gasteiger partial charge in [0.2, 0.25) is 0 Å². The van der Waals surface area contributed by atoms with Crippen LogP contribution in [0.3, 0.4) is 0 Å². The Balaban J connectivity index is 2.39. The number of methoxy groups -OCH3 is 1. The van der Waals surface area contributed by atoms with Gasteiger partial charge in [-0.3, -0.25) is 4.72 Å². The van der Waals surface area contributed by atoms with Gasteiger partial charge in [0.15, 0.2) is 0 Å². The monoisotopic (exact) mass is 293 g/mol. The summed E-state index contributed by atoms with van der Waals surface area (Å²) in [6, 6.07) is 9.68. The predicted molar refractivity (Wildman–Crippen MR) is 75.9 cm³/mol. The van der Waals surface area contributed by atoms with Crippen molar-refractivity contribution in [3.63, 3.8) is 0 Å². The molecule has 1 aromatic heterocycles. The van der Waals surface area contributed by atoms with Crippen LogP contribution in [0.1, 0.15) is 5.56 Å². The molecule has 0 fully saturated rings. The molecule has 20 heavy (non-hydrogen) atoms. The third kappa shape index (κ3) is 3.06. The van der Waals surface area contributed by atoms with Crippen molar-refractivity contribution >= 4 is 15.8 Å². The molecule has 0 saturated heterocycles. The van der Waals surface area contributed by atoms with Crippen molar-refractivity contribution < 1.29 is 13.2 Å². The van der Waals surface area contributed by atoms with Gasteiger partial charge < -0.3 is 10.5 Å². The van der Waals surface area contributed by atoms with E-state index in [1.807, 2.05) is 0 Å². The number of pyridine rings is 1. The van der Waals surface area contributed by atoms with Crippen LogP contribution in [0, 0.1) is 0 Å². The highest BCUT2D eigenvalue weighted by molar-refractivity contribution is 7.92. The fourth-order valence-corrected chi connectivity index (χ4v) is 2.84. The maximum atomic E-state index is 12.3. The highest BCUT2D eigenvalue weighted by Crippen LogP contribution is 2.26. The minimum atomic E-state index is -3.76. The Labute approximate surface area is 117 Å². The second-order valence-electron chi connectivity index (χ2n) is 4.01. The van der Waals surface area contributed by atoms with Crippen molar-refractivity contribution in [2.24, 2.45) is 5.73 Å². The lowest BCUT2D eigenvalue weighted by atomic mass is 10.2. The SMILES string of the molecule is COc1cc(CN)ccc1S(=O)(=O)Nc1ccccn1. The van der Waals surface area contributed by atoms with Crippen LogP contribution in [0.2, 0.25) is 0 Å². The standard InChI is InChI=1S/C13H15N3O3S/c1-19-11-8-10(9-14)5-6-12(11)20(17,18)16-13-4-2-3-7-15-13/h2-8H,9,14H2,1H3,(H,15,16). The molecule has 6 nitrogen and oxygen atoms in total. The van der Waals surface area contributed by atoms with Gasteiger partial charge in [-0.1, -0.05) is 12.1 Å². The summed E-state index contributed by atoms with van der Waals surface area (Å²) in [5, 5.41) is 0. The second-order valence-corrected chi connectivity index (χ2v) is 5.66. The van der Waals surface area contributed by atoms with E-state index < -0.39 is 10.0 Å². The van der Waals surface area contributed by atoms with Crippen LogP contribution in [0.4, 0.5) is 5.82 Å². The van der Waals surface area contributed by atoms with Crippen molar-refractivity contribution in [1.29, 1.82) is 0 Å². The van der Waals surface area contributed by atoms with Crippen molar-refractivity contribution in [2.75, 3.05) is 11.8 Å². The average molecular weight is 293 g/mol. The molecule has 1 aromatic carbocycles. The lowest BCUT2D eigenvalue weighted by Crippen LogP contribution is -2.15. The number of ether oxygens (including phenoxy) is 1. The van der Waals surface area contributed by atoms with Gasteiger partial charge in [-0.2, -0.15) is 0 Å². The third-order valence-electron chi connectivity index (χ3n) is 2.66. The maximum absolute atomic E-state index is 12.3. The zero-order valence-electron chi connectivity index (χ0n) is 10.9. The van der Waals surface area contributed by atoms with Gasteiger partial charge in [0.1, 0.15) is 16.5 Å². The Morgan fingerprint density at radius 3 is 2.70 bits per heavy atom. The first-order chi connectivity index (χ1) is 9.56. The molecular weight excluding hydrogens is 278 g/mol. The molecule has 106 valence electrons. The molecule has 2 rings (SSSR count). The van der Waals surface area contributed by atoms with Crippen LogP contribution in [-0.2, 0) is 16.6 Å². The van der Waals surface area contributed by atoms with E-state index in [1.54, 1.807) is 30.3 Å². The Hall–Kier alpha value is -2.12. The first-order valence-corrected chi connectivity index (χ1v) is 7.36. The fourth-order valence-electron chi connectivity index (χ4n) is 1.68. The van der Waals surface area contributed by atoms with E-state index in [0.717, 1.165) is 5.56 Å². The molecule has 0 aliphatic rings. The Bertz CT molecular complexity index is 687. The molecule has 0 saturated carbocycles. The average Bonchev–Trinajstić information content (AvgIpc) is 2.47. The van der Waals surface area contributed by atoms with Gasteiger partial charge in [0.05, 0.1) is 7.11 Å². The molecule has 3 N–H and O–H groups in total. The molecule has 7 heteroatoms. The summed E-state index contributed by atoms with van der Waals surface area (Å²) in [7, 11) is -2.35. The van der Waals surface area contributed by atoms with E-state index in [2.05, 4.69) is 9.71 Å². The quantitative estimate of drug-likeness (QED) is 0.867. The lowest BCUT2D eigenvalue weighted by Gasteiger charge is -2.12. The van der Waals surface area contributed by atoms with Gasteiger partial charge in [-0.15, -0.1) is 0 Å². The highest BCUT2D eigenvalue weighted by atomic mass is 32.2. The number of hydrogen-bond donors (Lipinski definition) is 2. The van der Waals surface area contributed by atoms with Gasteiger partial charge in [0.25, 0.3) is 10.0 Å². The normalized spacial score (nSPS) is 11.1. The first-order valence-electron chi connectivity index (χ1n) is 5.87. The van der Waals surface area contributed by atoms with E-state index >= 15 is 0 Å². The summed E-state index contributed by atoms with van der Waals surface area (Å²) in [5.74, 6) is 0.494. The number of aromatic nitrogens is 1. The first kappa shape index (κ1) is 14.3. The molecule has 0 aliphatic carbocycles. The summed E-state index contributed by atoms with van der Waals surface area (Å²) in [5.41, 5.74) is 6.32. The number of benzene rings is 1. The summed E-state index contributed by atoms with van der Waals surface area (Å²) < 4.78 is 32.2. The van der Waals surface area contributed by atoms with Crippen LogP contribution in [-0.4, -0.2) is 20.5 Å². The summed E-state index contributed by atoms with van der Waals surface area (Å²) in [6.07, 6.45) is 1.51. The van der Waals surface area contributed by atoms with E-state index in [4.69, 9.17) is 10.5 Å². The molecule has 1 heterocycles. The molecule has 2 aromatic rings. The van der Waals surface area contributed by atoms with Crippen LogP contribution in [0.15, 0.2) is 47.5 Å². The van der Waals surface area contributed by atoms with E-state index in [1.165, 1.54) is 19.4 Å². The van der Waals surface area contributed by atoms with Crippen molar-refractivity contribution in [1.82, 2.24) is 4.98 Å². The smallest absolute Gasteiger partial charge is 0.266 e. The Kier molecular flexibility index (Phi) is 4.21. The van der Waals surface area contributed by atoms with E-state index in [-0.39, 0.29) is 16.5 Å². The van der Waals surface area contributed by atoms with E-state index in [9.17, 15) is 8.42 Å². The molecule has 0 spiro atoms.